The predicted octanol–water partition coefficient (Wildman–Crippen LogP) is 2.70. The second kappa shape index (κ2) is 6.49. The number of aromatic nitrogens is 2. The molecule has 124 valence electrons. The first kappa shape index (κ1) is 16.3. The van der Waals surface area contributed by atoms with Crippen LogP contribution in [0.15, 0.2) is 16.9 Å². The number of anilines is 2. The Labute approximate surface area is 143 Å². The molecule has 1 fully saturated rings. The molecule has 23 heavy (non-hydrogen) atoms. The van der Waals surface area contributed by atoms with Crippen molar-refractivity contribution >= 4 is 44.2 Å². The predicted molar refractivity (Wildman–Crippen MR) is 96.6 cm³/mol. The topological polar surface area (TPSA) is 87.0 Å². The monoisotopic (exact) mass is 379 g/mol. The molecule has 1 unspecified atom stereocenters. The van der Waals surface area contributed by atoms with Crippen LogP contribution in [0, 0.1) is 11.8 Å². The number of halogens is 1. The van der Waals surface area contributed by atoms with E-state index >= 15 is 0 Å². The van der Waals surface area contributed by atoms with E-state index in [1.807, 2.05) is 20.0 Å². The summed E-state index contributed by atoms with van der Waals surface area (Å²) < 4.78 is 0.933. The third kappa shape index (κ3) is 3.07. The van der Waals surface area contributed by atoms with Crippen molar-refractivity contribution < 1.29 is 4.79 Å². The fourth-order valence-electron chi connectivity index (χ4n) is 2.97. The van der Waals surface area contributed by atoms with Gasteiger partial charge in [0.1, 0.15) is 5.65 Å². The maximum Gasteiger partial charge on any atom is 0.226 e. The van der Waals surface area contributed by atoms with Crippen molar-refractivity contribution in [1.82, 2.24) is 9.97 Å². The fraction of sp³-hybridized carbons (Fsp3) is 0.500. The normalized spacial score (nSPS) is 18.1. The molecule has 3 heterocycles. The summed E-state index contributed by atoms with van der Waals surface area (Å²) in [5, 5.41) is 3.95. The fourth-order valence-corrected chi connectivity index (χ4v) is 3.52. The number of carbonyl (C=O) groups excluding carboxylic acids is 1. The highest BCUT2D eigenvalue weighted by Gasteiger charge is 2.26. The molecule has 1 saturated heterocycles. The Morgan fingerprint density at radius 3 is 3.04 bits per heavy atom. The molecular formula is C16H22BrN5O. The van der Waals surface area contributed by atoms with E-state index in [0.717, 1.165) is 46.4 Å². The summed E-state index contributed by atoms with van der Waals surface area (Å²) >= 11 is 3.62. The standard InChI is InChI=1S/C16H22BrN5O/c1-9(2)16(23)21-12-7-20-15-13(12)14(11(17)6-19-15)22-4-3-10(5-18)8-22/h6-7,9-10H,3-5,8,18H2,1-2H3,(H,19,20)(H,21,23). The summed E-state index contributed by atoms with van der Waals surface area (Å²) in [5.41, 5.74) is 8.45. The largest absolute Gasteiger partial charge is 0.370 e. The number of pyridine rings is 1. The second-order valence-electron chi connectivity index (χ2n) is 6.36. The van der Waals surface area contributed by atoms with Gasteiger partial charge in [0, 0.05) is 31.4 Å². The van der Waals surface area contributed by atoms with Crippen molar-refractivity contribution in [3.05, 3.63) is 16.9 Å². The van der Waals surface area contributed by atoms with E-state index in [1.165, 1.54) is 0 Å². The Hall–Kier alpha value is -1.60. The molecule has 1 atom stereocenters. The molecule has 0 aromatic carbocycles. The van der Waals surface area contributed by atoms with Crippen LogP contribution in [0.3, 0.4) is 0 Å². The molecule has 6 nitrogen and oxygen atoms in total. The molecule has 7 heteroatoms. The van der Waals surface area contributed by atoms with E-state index in [1.54, 1.807) is 6.20 Å². The summed E-state index contributed by atoms with van der Waals surface area (Å²) in [4.78, 5) is 22.0. The first-order valence-corrected chi connectivity index (χ1v) is 8.72. The van der Waals surface area contributed by atoms with Crippen LogP contribution in [-0.2, 0) is 4.79 Å². The lowest BCUT2D eigenvalue weighted by molar-refractivity contribution is -0.118. The van der Waals surface area contributed by atoms with E-state index in [0.29, 0.717) is 12.5 Å². The van der Waals surface area contributed by atoms with Crippen molar-refractivity contribution in [2.45, 2.75) is 20.3 Å². The number of carbonyl (C=O) groups is 1. The van der Waals surface area contributed by atoms with E-state index in [9.17, 15) is 4.79 Å². The molecule has 0 saturated carbocycles. The Morgan fingerprint density at radius 2 is 2.39 bits per heavy atom. The first-order valence-electron chi connectivity index (χ1n) is 7.92. The number of rotatable bonds is 4. The molecular weight excluding hydrogens is 358 g/mol. The molecule has 4 N–H and O–H groups in total. The minimum atomic E-state index is -0.0723. The van der Waals surface area contributed by atoms with Gasteiger partial charge in [-0.3, -0.25) is 4.79 Å². The summed E-state index contributed by atoms with van der Waals surface area (Å²) in [6, 6.07) is 0. The van der Waals surface area contributed by atoms with Gasteiger partial charge >= 0.3 is 0 Å². The summed E-state index contributed by atoms with van der Waals surface area (Å²) in [5.74, 6) is 0.438. The Bertz CT molecular complexity index is 727. The molecule has 2 aromatic rings. The number of hydrogen-bond acceptors (Lipinski definition) is 4. The third-order valence-electron chi connectivity index (χ3n) is 4.35. The number of fused-ring (bicyclic) bond motifs is 1. The molecule has 0 aliphatic carbocycles. The Kier molecular flexibility index (Phi) is 4.59. The number of H-pyrrole nitrogens is 1. The van der Waals surface area contributed by atoms with Gasteiger partial charge in [-0.1, -0.05) is 13.8 Å². The number of nitrogens with two attached hydrogens (primary N) is 1. The van der Waals surface area contributed by atoms with Crippen LogP contribution in [0.2, 0.25) is 0 Å². The van der Waals surface area contributed by atoms with Crippen molar-refractivity contribution in [2.24, 2.45) is 17.6 Å². The second-order valence-corrected chi connectivity index (χ2v) is 7.22. The zero-order chi connectivity index (χ0) is 16.6. The molecule has 1 aliphatic heterocycles. The van der Waals surface area contributed by atoms with E-state index < -0.39 is 0 Å². The van der Waals surface area contributed by atoms with Gasteiger partial charge in [0.15, 0.2) is 0 Å². The number of nitrogens with one attached hydrogen (secondary N) is 2. The summed E-state index contributed by atoms with van der Waals surface area (Å²) in [6.45, 7) is 6.35. The van der Waals surface area contributed by atoms with Crippen LogP contribution in [-0.4, -0.2) is 35.5 Å². The van der Waals surface area contributed by atoms with Crippen molar-refractivity contribution in [2.75, 3.05) is 29.9 Å². The average Bonchev–Trinajstić information content (AvgIpc) is 3.14. The maximum atomic E-state index is 12.1. The van der Waals surface area contributed by atoms with Gasteiger partial charge in [0.05, 0.1) is 21.2 Å². The van der Waals surface area contributed by atoms with E-state index in [-0.39, 0.29) is 11.8 Å². The molecule has 1 amide bonds. The molecule has 3 rings (SSSR count). The van der Waals surface area contributed by atoms with Crippen molar-refractivity contribution in [1.29, 1.82) is 0 Å². The van der Waals surface area contributed by atoms with E-state index in [4.69, 9.17) is 5.73 Å². The van der Waals surface area contributed by atoms with Gasteiger partial charge in [-0.05, 0) is 34.8 Å². The number of nitrogens with zero attached hydrogens (tertiary/aromatic N) is 2. The highest BCUT2D eigenvalue weighted by molar-refractivity contribution is 9.10. The zero-order valence-electron chi connectivity index (χ0n) is 13.4. The smallest absolute Gasteiger partial charge is 0.226 e. The zero-order valence-corrected chi connectivity index (χ0v) is 15.0. The van der Waals surface area contributed by atoms with Gasteiger partial charge in [-0.15, -0.1) is 0 Å². The summed E-state index contributed by atoms with van der Waals surface area (Å²) in [7, 11) is 0. The highest BCUT2D eigenvalue weighted by Crippen LogP contribution is 2.39. The quantitative estimate of drug-likeness (QED) is 0.761. The lowest BCUT2D eigenvalue weighted by atomic mass is 10.1. The molecule has 0 bridgehead atoms. The van der Waals surface area contributed by atoms with Crippen LogP contribution in [0.5, 0.6) is 0 Å². The van der Waals surface area contributed by atoms with Gasteiger partial charge in [-0.2, -0.15) is 0 Å². The lowest BCUT2D eigenvalue weighted by Crippen LogP contribution is -2.23. The van der Waals surface area contributed by atoms with Crippen LogP contribution in [0.1, 0.15) is 20.3 Å². The average molecular weight is 380 g/mol. The number of hydrogen-bond donors (Lipinski definition) is 3. The molecule has 0 spiro atoms. The van der Waals surface area contributed by atoms with Crippen LogP contribution < -0.4 is 16.0 Å². The minimum Gasteiger partial charge on any atom is -0.370 e. The van der Waals surface area contributed by atoms with Crippen LogP contribution in [0.25, 0.3) is 11.0 Å². The lowest BCUT2D eigenvalue weighted by Gasteiger charge is -2.22. The SMILES string of the molecule is CC(C)C(=O)Nc1c[nH]c2ncc(Br)c(N3CCC(CN)C3)c12. The third-order valence-corrected chi connectivity index (χ3v) is 4.93. The molecule has 1 aliphatic rings. The van der Waals surface area contributed by atoms with Gasteiger partial charge < -0.3 is 20.9 Å². The van der Waals surface area contributed by atoms with Crippen molar-refractivity contribution in [3.63, 3.8) is 0 Å². The van der Waals surface area contributed by atoms with Gasteiger partial charge in [-0.25, -0.2) is 4.98 Å². The van der Waals surface area contributed by atoms with E-state index in [2.05, 4.69) is 36.1 Å². The Morgan fingerprint density at radius 1 is 1.61 bits per heavy atom. The first-order chi connectivity index (χ1) is 11.0. The Balaban J connectivity index is 2.04. The number of amides is 1. The highest BCUT2D eigenvalue weighted by atomic mass is 79.9. The molecule has 0 radical (unpaired) electrons. The minimum absolute atomic E-state index is 0.00178. The number of aromatic amines is 1. The van der Waals surface area contributed by atoms with Gasteiger partial charge in [0.25, 0.3) is 0 Å². The van der Waals surface area contributed by atoms with Gasteiger partial charge in [0.2, 0.25) is 5.91 Å². The van der Waals surface area contributed by atoms with Crippen molar-refractivity contribution in [3.8, 4) is 0 Å². The summed E-state index contributed by atoms with van der Waals surface area (Å²) in [6.07, 6.45) is 4.70. The molecule has 2 aromatic heterocycles. The van der Waals surface area contributed by atoms with Crippen LogP contribution in [0.4, 0.5) is 11.4 Å². The van der Waals surface area contributed by atoms with Crippen LogP contribution >= 0.6 is 15.9 Å². The maximum absolute atomic E-state index is 12.1.